The van der Waals surface area contributed by atoms with Crippen molar-refractivity contribution >= 4 is 6.21 Å². The van der Waals surface area contributed by atoms with Gasteiger partial charge in [0, 0.05) is 6.42 Å². The molecule has 1 N–H and O–H groups in total. The molecule has 1 heterocycles. The Morgan fingerprint density at radius 1 is 1.14 bits per heavy atom. The molecular formula is C18H35N2O+. The van der Waals surface area contributed by atoms with Crippen LogP contribution in [0.15, 0.2) is 17.1 Å². The van der Waals surface area contributed by atoms with Crippen molar-refractivity contribution < 1.29 is 9.59 Å². The fraction of sp³-hybridized carbons (Fsp3) is 0.833. The van der Waals surface area contributed by atoms with Crippen LogP contribution in [0.4, 0.5) is 0 Å². The van der Waals surface area contributed by atoms with Gasteiger partial charge < -0.3 is 5.11 Å². The zero-order chi connectivity index (χ0) is 15.4. The van der Waals surface area contributed by atoms with Crippen molar-refractivity contribution in [2.24, 2.45) is 4.99 Å². The predicted molar refractivity (Wildman–Crippen MR) is 91.7 cm³/mol. The maximum absolute atomic E-state index is 9.29. The summed E-state index contributed by atoms with van der Waals surface area (Å²) in [6, 6.07) is 0. The zero-order valence-corrected chi connectivity index (χ0v) is 14.1. The summed E-state index contributed by atoms with van der Waals surface area (Å²) in [7, 11) is 0. The topological polar surface area (TPSA) is 32.6 Å². The predicted octanol–water partition coefficient (Wildman–Crippen LogP) is 3.92. The quantitative estimate of drug-likeness (QED) is 0.330. The van der Waals surface area contributed by atoms with E-state index in [1.807, 2.05) is 0 Å². The Morgan fingerprint density at radius 2 is 1.90 bits per heavy atom. The van der Waals surface area contributed by atoms with Crippen molar-refractivity contribution in [2.75, 3.05) is 26.2 Å². The lowest BCUT2D eigenvalue weighted by atomic mass is 10.1. The van der Waals surface area contributed by atoms with E-state index in [1.165, 1.54) is 51.4 Å². The Bertz CT molecular complexity index is 314. The Morgan fingerprint density at radius 3 is 2.57 bits per heavy atom. The maximum Gasteiger partial charge on any atom is 0.182 e. The van der Waals surface area contributed by atoms with Gasteiger partial charge in [-0.05, 0) is 32.6 Å². The van der Waals surface area contributed by atoms with Gasteiger partial charge in [-0.15, -0.1) is 0 Å². The molecule has 2 unspecified atom stereocenters. The summed E-state index contributed by atoms with van der Waals surface area (Å²) in [4.78, 5) is 4.67. The molecule has 0 fully saturated rings. The van der Waals surface area contributed by atoms with E-state index in [0.717, 1.165) is 24.1 Å². The van der Waals surface area contributed by atoms with Crippen molar-refractivity contribution in [3.63, 3.8) is 0 Å². The molecule has 2 atom stereocenters. The number of hydrogen-bond donors (Lipinski definition) is 1. The van der Waals surface area contributed by atoms with E-state index in [-0.39, 0.29) is 6.61 Å². The fourth-order valence-corrected chi connectivity index (χ4v) is 3.20. The molecule has 0 bridgehead atoms. The average Bonchev–Trinajstić information content (AvgIpc) is 2.89. The van der Waals surface area contributed by atoms with Gasteiger partial charge in [-0.1, -0.05) is 38.3 Å². The monoisotopic (exact) mass is 295 g/mol. The Balaban J connectivity index is 2.14. The SMILES string of the molecule is CCCC/C=C/CCCCCC1N=CC[N+]1(CC)CCO. The number of likely N-dealkylation sites (N-methyl/N-ethyl adjacent to an activating group) is 1. The van der Waals surface area contributed by atoms with Gasteiger partial charge in [-0.2, -0.15) is 0 Å². The lowest BCUT2D eigenvalue weighted by Crippen LogP contribution is -2.53. The zero-order valence-electron chi connectivity index (χ0n) is 14.1. The second-order valence-electron chi connectivity index (χ2n) is 6.23. The summed E-state index contributed by atoms with van der Waals surface area (Å²) in [6.45, 7) is 7.66. The van der Waals surface area contributed by atoms with E-state index in [2.05, 4.69) is 37.2 Å². The van der Waals surface area contributed by atoms with Crippen LogP contribution in [0.5, 0.6) is 0 Å². The average molecular weight is 295 g/mol. The Kier molecular flexibility index (Phi) is 9.60. The number of aliphatic imine (C=N–C) groups is 1. The van der Waals surface area contributed by atoms with Crippen molar-refractivity contribution in [3.8, 4) is 0 Å². The van der Waals surface area contributed by atoms with E-state index in [0.29, 0.717) is 6.17 Å². The van der Waals surface area contributed by atoms with E-state index in [4.69, 9.17) is 0 Å². The third-order valence-electron chi connectivity index (χ3n) is 4.75. The van der Waals surface area contributed by atoms with Crippen LogP contribution in [0, 0.1) is 0 Å². The van der Waals surface area contributed by atoms with E-state index in [9.17, 15) is 5.11 Å². The lowest BCUT2D eigenvalue weighted by molar-refractivity contribution is -0.936. The smallest absolute Gasteiger partial charge is 0.182 e. The third kappa shape index (κ3) is 6.31. The summed E-state index contributed by atoms with van der Waals surface area (Å²) in [5, 5.41) is 9.29. The first-order valence-electron chi connectivity index (χ1n) is 8.92. The van der Waals surface area contributed by atoms with Crippen LogP contribution in [0.2, 0.25) is 0 Å². The fourth-order valence-electron chi connectivity index (χ4n) is 3.20. The molecule has 0 saturated carbocycles. The summed E-state index contributed by atoms with van der Waals surface area (Å²) in [6.07, 6.45) is 17.2. The minimum atomic E-state index is 0.274. The molecule has 122 valence electrons. The standard InChI is InChI=1S/C18H35N2O/c1-3-5-6-7-8-9-10-11-12-13-18-19-14-15-20(18,4-2)16-17-21/h7-8,14,18,21H,3-6,9-13,15-17H2,1-2H3/q+1/b8-7+. The summed E-state index contributed by atoms with van der Waals surface area (Å²) >= 11 is 0. The van der Waals surface area contributed by atoms with E-state index in [1.54, 1.807) is 0 Å². The molecule has 0 aliphatic carbocycles. The highest BCUT2D eigenvalue weighted by atomic mass is 16.3. The highest BCUT2D eigenvalue weighted by Crippen LogP contribution is 2.23. The Hall–Kier alpha value is -0.670. The third-order valence-corrected chi connectivity index (χ3v) is 4.75. The lowest BCUT2D eigenvalue weighted by Gasteiger charge is -2.37. The van der Waals surface area contributed by atoms with Gasteiger partial charge in [0.05, 0.1) is 19.4 Å². The van der Waals surface area contributed by atoms with Crippen LogP contribution >= 0.6 is 0 Å². The molecule has 3 nitrogen and oxygen atoms in total. The molecule has 1 aliphatic heterocycles. The van der Waals surface area contributed by atoms with Gasteiger partial charge in [0.1, 0.15) is 13.1 Å². The molecule has 0 aromatic rings. The first-order chi connectivity index (χ1) is 10.3. The first kappa shape index (κ1) is 18.4. The molecule has 0 saturated heterocycles. The van der Waals surface area contributed by atoms with Crippen LogP contribution < -0.4 is 0 Å². The van der Waals surface area contributed by atoms with Gasteiger partial charge in [-0.3, -0.25) is 4.48 Å². The number of allylic oxidation sites excluding steroid dienone is 2. The van der Waals surface area contributed by atoms with Crippen LogP contribution in [-0.2, 0) is 0 Å². The number of rotatable bonds is 12. The maximum atomic E-state index is 9.29. The second-order valence-corrected chi connectivity index (χ2v) is 6.23. The van der Waals surface area contributed by atoms with Gasteiger partial charge in [-0.25, -0.2) is 4.99 Å². The summed E-state index contributed by atoms with van der Waals surface area (Å²) < 4.78 is 0.966. The van der Waals surface area contributed by atoms with Crippen molar-refractivity contribution in [1.29, 1.82) is 0 Å². The minimum Gasteiger partial charge on any atom is -0.391 e. The van der Waals surface area contributed by atoms with E-state index < -0.39 is 0 Å². The highest BCUT2D eigenvalue weighted by Gasteiger charge is 2.36. The second kappa shape index (κ2) is 11.0. The van der Waals surface area contributed by atoms with Crippen LogP contribution in [-0.4, -0.2) is 48.2 Å². The summed E-state index contributed by atoms with van der Waals surface area (Å²) in [5.74, 6) is 0. The van der Waals surface area contributed by atoms with Crippen molar-refractivity contribution in [3.05, 3.63) is 12.2 Å². The van der Waals surface area contributed by atoms with Gasteiger partial charge in [0.25, 0.3) is 0 Å². The van der Waals surface area contributed by atoms with Crippen molar-refractivity contribution in [2.45, 2.75) is 71.4 Å². The molecule has 0 aromatic carbocycles. The number of aliphatic hydroxyl groups is 1. The molecule has 1 aliphatic rings. The molecule has 1 rings (SSSR count). The number of quaternary nitrogens is 1. The Labute approximate surface area is 131 Å². The molecule has 0 amide bonds. The minimum absolute atomic E-state index is 0.274. The summed E-state index contributed by atoms with van der Waals surface area (Å²) in [5.41, 5.74) is 0. The van der Waals surface area contributed by atoms with Crippen LogP contribution in [0.1, 0.15) is 65.2 Å². The number of aliphatic hydroxyl groups excluding tert-OH is 1. The molecular weight excluding hydrogens is 260 g/mol. The highest BCUT2D eigenvalue weighted by molar-refractivity contribution is 5.60. The van der Waals surface area contributed by atoms with Crippen molar-refractivity contribution in [1.82, 2.24) is 0 Å². The molecule has 21 heavy (non-hydrogen) atoms. The van der Waals surface area contributed by atoms with Gasteiger partial charge in [0.2, 0.25) is 0 Å². The number of unbranched alkanes of at least 4 members (excludes halogenated alkanes) is 5. The molecule has 3 heteroatoms. The normalized spacial score (nSPS) is 25.2. The molecule has 0 spiro atoms. The molecule has 0 aromatic heterocycles. The van der Waals surface area contributed by atoms with Crippen LogP contribution in [0.3, 0.4) is 0 Å². The van der Waals surface area contributed by atoms with Gasteiger partial charge >= 0.3 is 0 Å². The first-order valence-corrected chi connectivity index (χ1v) is 8.92. The number of nitrogens with zero attached hydrogens (tertiary/aromatic N) is 2. The molecule has 0 radical (unpaired) electrons. The van der Waals surface area contributed by atoms with Crippen LogP contribution in [0.25, 0.3) is 0 Å². The van der Waals surface area contributed by atoms with Gasteiger partial charge in [0.15, 0.2) is 6.17 Å². The largest absolute Gasteiger partial charge is 0.391 e. The van der Waals surface area contributed by atoms with E-state index >= 15 is 0 Å². The number of hydrogen-bond acceptors (Lipinski definition) is 2.